The molecule has 0 radical (unpaired) electrons. The van der Waals surface area contributed by atoms with Crippen LogP contribution in [0.15, 0.2) is 47.4 Å². The van der Waals surface area contributed by atoms with Gasteiger partial charge in [-0.05, 0) is 24.3 Å². The summed E-state index contributed by atoms with van der Waals surface area (Å²) in [7, 11) is -3.37. The number of rotatable bonds is 4. The lowest BCUT2D eigenvalue weighted by molar-refractivity contribution is 0.274. The van der Waals surface area contributed by atoms with E-state index >= 15 is 0 Å². The highest BCUT2D eigenvalue weighted by Crippen LogP contribution is 2.29. The molecule has 4 nitrogen and oxygen atoms in total. The zero-order valence-corrected chi connectivity index (χ0v) is 11.5. The molecule has 0 fully saturated rings. The minimum Gasteiger partial charge on any atom is -0.454 e. The molecule has 0 aliphatic rings. The second-order valence-electron chi connectivity index (χ2n) is 4.24. The summed E-state index contributed by atoms with van der Waals surface area (Å²) in [6.45, 7) is -0.376. The fourth-order valence-electron chi connectivity index (χ4n) is 1.68. The fourth-order valence-corrected chi connectivity index (χ4v) is 2.33. The highest BCUT2D eigenvalue weighted by Gasteiger charge is 2.12. The minimum absolute atomic E-state index is 0.0805. The van der Waals surface area contributed by atoms with Gasteiger partial charge in [0.15, 0.2) is 21.4 Å². The van der Waals surface area contributed by atoms with Crippen molar-refractivity contribution in [3.8, 4) is 11.5 Å². The SMILES string of the molecule is CS(=O)(=O)c1cccc(Oc2c(F)cccc2CO)c1. The molecule has 0 saturated carbocycles. The summed E-state index contributed by atoms with van der Waals surface area (Å²) in [5.74, 6) is -0.547. The lowest BCUT2D eigenvalue weighted by Crippen LogP contribution is -1.99. The highest BCUT2D eigenvalue weighted by atomic mass is 32.2. The van der Waals surface area contributed by atoms with Crippen LogP contribution in [0, 0.1) is 5.82 Å². The minimum atomic E-state index is -3.37. The number of para-hydroxylation sites is 1. The molecule has 0 bridgehead atoms. The summed E-state index contributed by atoms with van der Waals surface area (Å²) >= 11 is 0. The van der Waals surface area contributed by atoms with Crippen molar-refractivity contribution in [1.82, 2.24) is 0 Å². The van der Waals surface area contributed by atoms with Crippen molar-refractivity contribution >= 4 is 9.84 Å². The van der Waals surface area contributed by atoms with Crippen LogP contribution in [0.1, 0.15) is 5.56 Å². The van der Waals surface area contributed by atoms with Gasteiger partial charge in [0.2, 0.25) is 0 Å². The van der Waals surface area contributed by atoms with Gasteiger partial charge in [-0.1, -0.05) is 18.2 Å². The Morgan fingerprint density at radius 3 is 2.55 bits per heavy atom. The van der Waals surface area contributed by atoms with Crippen molar-refractivity contribution < 1.29 is 22.7 Å². The van der Waals surface area contributed by atoms with Crippen molar-refractivity contribution in [2.45, 2.75) is 11.5 Å². The van der Waals surface area contributed by atoms with E-state index in [4.69, 9.17) is 9.84 Å². The molecule has 0 aliphatic carbocycles. The Balaban J connectivity index is 2.41. The Morgan fingerprint density at radius 1 is 1.20 bits per heavy atom. The summed E-state index contributed by atoms with van der Waals surface area (Å²) < 4.78 is 42.0. The summed E-state index contributed by atoms with van der Waals surface area (Å²) in [5, 5.41) is 9.16. The van der Waals surface area contributed by atoms with Gasteiger partial charge in [-0.15, -0.1) is 0 Å². The third kappa shape index (κ3) is 3.15. The average Bonchev–Trinajstić information content (AvgIpc) is 2.40. The second kappa shape index (κ2) is 5.60. The molecule has 20 heavy (non-hydrogen) atoms. The third-order valence-corrected chi connectivity index (χ3v) is 3.78. The van der Waals surface area contributed by atoms with Gasteiger partial charge in [0.25, 0.3) is 0 Å². The Bertz CT molecular complexity index is 726. The van der Waals surface area contributed by atoms with E-state index in [1.54, 1.807) is 0 Å². The highest BCUT2D eigenvalue weighted by molar-refractivity contribution is 7.90. The van der Waals surface area contributed by atoms with E-state index in [9.17, 15) is 12.8 Å². The van der Waals surface area contributed by atoms with Crippen LogP contribution in [0.5, 0.6) is 11.5 Å². The van der Waals surface area contributed by atoms with Crippen LogP contribution in [0.25, 0.3) is 0 Å². The number of benzene rings is 2. The molecule has 6 heteroatoms. The Labute approximate surface area is 116 Å². The molecular weight excluding hydrogens is 283 g/mol. The molecule has 0 aromatic heterocycles. The largest absolute Gasteiger partial charge is 0.454 e. The molecule has 0 spiro atoms. The molecule has 2 rings (SSSR count). The first-order chi connectivity index (χ1) is 9.41. The quantitative estimate of drug-likeness (QED) is 0.941. The molecule has 0 amide bonds. The van der Waals surface area contributed by atoms with Crippen LogP contribution < -0.4 is 4.74 Å². The number of ether oxygens (including phenoxy) is 1. The van der Waals surface area contributed by atoms with Crippen LogP contribution in [0.2, 0.25) is 0 Å². The van der Waals surface area contributed by atoms with E-state index in [2.05, 4.69) is 0 Å². The fraction of sp³-hybridized carbons (Fsp3) is 0.143. The average molecular weight is 296 g/mol. The smallest absolute Gasteiger partial charge is 0.175 e. The maximum absolute atomic E-state index is 13.7. The predicted octanol–water partition coefficient (Wildman–Crippen LogP) is 2.51. The predicted molar refractivity (Wildman–Crippen MR) is 71.9 cm³/mol. The lowest BCUT2D eigenvalue weighted by Gasteiger charge is -2.11. The molecule has 0 aliphatic heterocycles. The Kier molecular flexibility index (Phi) is 4.06. The maximum Gasteiger partial charge on any atom is 0.175 e. The molecule has 0 atom stereocenters. The molecule has 2 aromatic carbocycles. The van der Waals surface area contributed by atoms with Gasteiger partial charge in [0.1, 0.15) is 5.75 Å². The van der Waals surface area contributed by atoms with Crippen molar-refractivity contribution in [3.63, 3.8) is 0 Å². The van der Waals surface area contributed by atoms with Gasteiger partial charge >= 0.3 is 0 Å². The standard InChI is InChI=1S/C14H13FO4S/c1-20(17,18)12-6-3-5-11(8-12)19-14-10(9-16)4-2-7-13(14)15/h2-8,16H,9H2,1H3. The topological polar surface area (TPSA) is 63.6 Å². The first kappa shape index (κ1) is 14.5. The van der Waals surface area contributed by atoms with E-state index in [0.29, 0.717) is 0 Å². The zero-order valence-electron chi connectivity index (χ0n) is 10.7. The van der Waals surface area contributed by atoms with Crippen molar-refractivity contribution in [3.05, 3.63) is 53.8 Å². The first-order valence-electron chi connectivity index (χ1n) is 5.78. The van der Waals surface area contributed by atoms with Crippen LogP contribution in [0.4, 0.5) is 4.39 Å². The summed E-state index contributed by atoms with van der Waals surface area (Å²) in [6.07, 6.45) is 1.08. The van der Waals surface area contributed by atoms with Crippen molar-refractivity contribution in [2.75, 3.05) is 6.26 Å². The van der Waals surface area contributed by atoms with Crippen LogP contribution in [0.3, 0.4) is 0 Å². The van der Waals surface area contributed by atoms with E-state index < -0.39 is 15.7 Å². The molecule has 106 valence electrons. The van der Waals surface area contributed by atoms with E-state index in [-0.39, 0.29) is 28.6 Å². The van der Waals surface area contributed by atoms with E-state index in [1.165, 1.54) is 42.5 Å². The van der Waals surface area contributed by atoms with Crippen LogP contribution in [-0.4, -0.2) is 19.8 Å². The number of aliphatic hydroxyl groups excluding tert-OH is 1. The summed E-state index contributed by atoms with van der Waals surface area (Å²) in [6, 6.07) is 9.95. The zero-order chi connectivity index (χ0) is 14.8. The molecule has 0 heterocycles. The summed E-state index contributed by atoms with van der Waals surface area (Å²) in [4.78, 5) is 0.0805. The van der Waals surface area contributed by atoms with Gasteiger partial charge in [0, 0.05) is 11.8 Å². The number of halogens is 1. The van der Waals surface area contributed by atoms with Crippen LogP contribution >= 0.6 is 0 Å². The van der Waals surface area contributed by atoms with Crippen LogP contribution in [-0.2, 0) is 16.4 Å². The first-order valence-corrected chi connectivity index (χ1v) is 7.67. The van der Waals surface area contributed by atoms with Gasteiger partial charge in [-0.2, -0.15) is 0 Å². The number of hydrogen-bond acceptors (Lipinski definition) is 4. The molecule has 2 aromatic rings. The van der Waals surface area contributed by atoms with Gasteiger partial charge in [-0.3, -0.25) is 0 Å². The van der Waals surface area contributed by atoms with Crippen molar-refractivity contribution in [1.29, 1.82) is 0 Å². The van der Waals surface area contributed by atoms with Gasteiger partial charge < -0.3 is 9.84 Å². The van der Waals surface area contributed by atoms with E-state index in [1.807, 2.05) is 0 Å². The molecule has 0 saturated heterocycles. The van der Waals surface area contributed by atoms with Gasteiger partial charge in [-0.25, -0.2) is 12.8 Å². The van der Waals surface area contributed by atoms with E-state index in [0.717, 1.165) is 6.26 Å². The molecular formula is C14H13FO4S. The molecule has 0 unspecified atom stereocenters. The number of aliphatic hydroxyl groups is 1. The normalized spacial score (nSPS) is 11.3. The summed E-state index contributed by atoms with van der Waals surface area (Å²) in [5.41, 5.74) is 0.287. The maximum atomic E-state index is 13.7. The van der Waals surface area contributed by atoms with Gasteiger partial charge in [0.05, 0.1) is 11.5 Å². The molecule has 1 N–H and O–H groups in total. The van der Waals surface area contributed by atoms with Crippen molar-refractivity contribution in [2.24, 2.45) is 0 Å². The Hall–Kier alpha value is -1.92. The monoisotopic (exact) mass is 296 g/mol. The lowest BCUT2D eigenvalue weighted by atomic mass is 10.2. The number of sulfone groups is 1. The Morgan fingerprint density at radius 2 is 1.90 bits per heavy atom. The third-order valence-electron chi connectivity index (χ3n) is 2.67. The number of hydrogen-bond donors (Lipinski definition) is 1. The second-order valence-corrected chi connectivity index (χ2v) is 6.25.